The van der Waals surface area contributed by atoms with Gasteiger partial charge >= 0.3 is 5.97 Å². The van der Waals surface area contributed by atoms with Crippen LogP contribution in [0.3, 0.4) is 0 Å². The number of aromatic nitrogens is 3. The summed E-state index contributed by atoms with van der Waals surface area (Å²) in [5.74, 6) is 0.394. The van der Waals surface area contributed by atoms with E-state index in [1.54, 1.807) is 27.7 Å². The molecule has 0 unspecified atom stereocenters. The molecule has 2 N–H and O–H groups in total. The van der Waals surface area contributed by atoms with Crippen LogP contribution in [0.15, 0.2) is 30.5 Å². The molecule has 0 bridgehead atoms. The number of H-pyrrole nitrogens is 1. The van der Waals surface area contributed by atoms with Gasteiger partial charge in [-0.15, -0.1) is 0 Å². The summed E-state index contributed by atoms with van der Waals surface area (Å²) in [5.41, 5.74) is 4.52. The molecule has 0 atom stereocenters. The van der Waals surface area contributed by atoms with E-state index in [4.69, 9.17) is 9.72 Å². The monoisotopic (exact) mass is 420 g/mol. The maximum absolute atomic E-state index is 12.9. The number of nitrogens with zero attached hydrogens (tertiary/aromatic N) is 2. The number of benzene rings is 1. The van der Waals surface area contributed by atoms with Crippen molar-refractivity contribution in [2.75, 3.05) is 5.32 Å². The Kier molecular flexibility index (Phi) is 5.67. The van der Waals surface area contributed by atoms with Crippen molar-refractivity contribution in [3.63, 3.8) is 0 Å². The summed E-state index contributed by atoms with van der Waals surface area (Å²) in [7, 11) is 0. The van der Waals surface area contributed by atoms with E-state index < -0.39 is 5.97 Å². The normalized spacial score (nSPS) is 13.2. The van der Waals surface area contributed by atoms with Gasteiger partial charge in [-0.1, -0.05) is 12.1 Å². The molecule has 31 heavy (non-hydrogen) atoms. The Balaban J connectivity index is 1.55. The van der Waals surface area contributed by atoms with Gasteiger partial charge in [0.1, 0.15) is 11.5 Å². The zero-order valence-corrected chi connectivity index (χ0v) is 18.4. The fourth-order valence-electron chi connectivity index (χ4n) is 4.06. The Morgan fingerprint density at radius 3 is 2.77 bits per heavy atom. The van der Waals surface area contributed by atoms with Crippen LogP contribution in [0.4, 0.5) is 5.69 Å². The lowest BCUT2D eigenvalue weighted by Gasteiger charge is -2.11. The van der Waals surface area contributed by atoms with Crippen LogP contribution in [-0.2, 0) is 17.7 Å². The molecule has 7 heteroatoms. The summed E-state index contributed by atoms with van der Waals surface area (Å²) in [4.78, 5) is 33.1. The third-order valence-corrected chi connectivity index (χ3v) is 5.54. The van der Waals surface area contributed by atoms with Crippen LogP contribution < -0.4 is 5.32 Å². The van der Waals surface area contributed by atoms with Crippen LogP contribution >= 0.6 is 0 Å². The fourth-order valence-corrected chi connectivity index (χ4v) is 4.06. The Hall–Kier alpha value is -3.35. The first kappa shape index (κ1) is 20.9. The molecule has 4 rings (SSSR count). The minimum absolute atomic E-state index is 0.227. The number of rotatable bonds is 5. The number of anilines is 1. The molecule has 3 aromatic rings. The van der Waals surface area contributed by atoms with Gasteiger partial charge < -0.3 is 19.6 Å². The molecule has 1 aliphatic heterocycles. The second-order valence-electron chi connectivity index (χ2n) is 8.31. The number of imidazole rings is 1. The number of hydrogen-bond acceptors (Lipinski definition) is 4. The number of carbonyl (C=O) groups is 2. The number of aromatic amines is 1. The second kappa shape index (κ2) is 8.41. The van der Waals surface area contributed by atoms with Gasteiger partial charge in [0.2, 0.25) is 0 Å². The minimum Gasteiger partial charge on any atom is -0.459 e. The fraction of sp³-hybridized carbons (Fsp3) is 0.375. The molecule has 0 aliphatic carbocycles. The van der Waals surface area contributed by atoms with Gasteiger partial charge in [0.15, 0.2) is 0 Å². The molecule has 1 amide bonds. The van der Waals surface area contributed by atoms with Crippen LogP contribution in [-0.4, -0.2) is 32.5 Å². The summed E-state index contributed by atoms with van der Waals surface area (Å²) in [6.07, 6.45) is 5.22. The van der Waals surface area contributed by atoms with E-state index in [1.807, 2.05) is 24.3 Å². The van der Waals surface area contributed by atoms with Crippen molar-refractivity contribution in [2.24, 2.45) is 0 Å². The first-order valence-corrected chi connectivity index (χ1v) is 10.7. The van der Waals surface area contributed by atoms with Gasteiger partial charge in [-0.05, 0) is 58.2 Å². The lowest BCUT2D eigenvalue weighted by molar-refractivity contribution is 0.0376. The zero-order valence-electron chi connectivity index (χ0n) is 18.4. The molecule has 2 aromatic heterocycles. The maximum Gasteiger partial charge on any atom is 0.340 e. The van der Waals surface area contributed by atoms with Gasteiger partial charge in [0.25, 0.3) is 5.91 Å². The van der Waals surface area contributed by atoms with E-state index in [2.05, 4.69) is 21.1 Å². The molecular formula is C24H28N4O3. The van der Waals surface area contributed by atoms with Crippen LogP contribution in [0, 0.1) is 13.8 Å². The molecule has 7 nitrogen and oxygen atoms in total. The highest BCUT2D eigenvalue weighted by atomic mass is 16.5. The first-order chi connectivity index (χ1) is 14.8. The molecule has 0 spiro atoms. The zero-order chi connectivity index (χ0) is 22.1. The first-order valence-electron chi connectivity index (χ1n) is 10.7. The maximum atomic E-state index is 12.9. The molecule has 1 aliphatic rings. The van der Waals surface area contributed by atoms with Crippen molar-refractivity contribution in [2.45, 2.75) is 59.6 Å². The van der Waals surface area contributed by atoms with E-state index >= 15 is 0 Å². The van der Waals surface area contributed by atoms with Gasteiger partial charge in [-0.2, -0.15) is 0 Å². The summed E-state index contributed by atoms with van der Waals surface area (Å²) < 4.78 is 7.52. The lowest BCUT2D eigenvalue weighted by atomic mass is 10.1. The van der Waals surface area contributed by atoms with Gasteiger partial charge in [-0.3, -0.25) is 4.79 Å². The molecule has 3 heterocycles. The number of carbonyl (C=O) groups excluding carboxylic acids is 2. The number of hydrogen-bond donors (Lipinski definition) is 2. The highest BCUT2D eigenvalue weighted by Gasteiger charge is 2.24. The minimum atomic E-state index is -0.425. The predicted octanol–water partition coefficient (Wildman–Crippen LogP) is 4.65. The Bertz CT molecular complexity index is 1120. The molecule has 0 saturated carbocycles. The van der Waals surface area contributed by atoms with Crippen LogP contribution in [0.1, 0.15) is 64.6 Å². The number of ether oxygens (including phenoxy) is 1. The predicted molar refractivity (Wildman–Crippen MR) is 119 cm³/mol. The smallest absolute Gasteiger partial charge is 0.340 e. The second-order valence-corrected chi connectivity index (χ2v) is 8.31. The third kappa shape index (κ3) is 4.26. The lowest BCUT2D eigenvalue weighted by Crippen LogP contribution is -2.15. The standard InChI is InChI=1S/C24H28N4O3/c1-14(2)31-24(30)21-15(3)22(25-16(21)4)23(29)26-18-9-7-8-17(12-18)19-13-28-11-6-5-10-20(28)27-19/h7-9,12-14,25H,5-6,10-11H2,1-4H3,(H,26,29). The highest BCUT2D eigenvalue weighted by Crippen LogP contribution is 2.26. The van der Waals surface area contributed by atoms with E-state index in [1.165, 1.54) is 12.8 Å². The topological polar surface area (TPSA) is 89.0 Å². The van der Waals surface area contributed by atoms with Crippen molar-refractivity contribution >= 4 is 17.6 Å². The number of nitrogens with one attached hydrogen (secondary N) is 2. The van der Waals surface area contributed by atoms with E-state index in [0.717, 1.165) is 30.0 Å². The van der Waals surface area contributed by atoms with Crippen LogP contribution in [0.5, 0.6) is 0 Å². The highest BCUT2D eigenvalue weighted by molar-refractivity contribution is 6.07. The quantitative estimate of drug-likeness (QED) is 0.588. The average Bonchev–Trinajstić information content (AvgIpc) is 3.28. The average molecular weight is 421 g/mol. The van der Waals surface area contributed by atoms with E-state index in [9.17, 15) is 9.59 Å². The largest absolute Gasteiger partial charge is 0.459 e. The van der Waals surface area contributed by atoms with Gasteiger partial charge in [0.05, 0.1) is 17.4 Å². The number of amides is 1. The number of aryl methyl sites for hydroxylation is 3. The Morgan fingerprint density at radius 1 is 1.23 bits per heavy atom. The summed E-state index contributed by atoms with van der Waals surface area (Å²) in [5, 5.41) is 2.93. The molecule has 1 aromatic carbocycles. The third-order valence-electron chi connectivity index (χ3n) is 5.54. The Morgan fingerprint density at radius 2 is 2.03 bits per heavy atom. The summed E-state index contributed by atoms with van der Waals surface area (Å²) >= 11 is 0. The number of fused-ring (bicyclic) bond motifs is 1. The van der Waals surface area contributed by atoms with Crippen molar-refractivity contribution in [1.82, 2.24) is 14.5 Å². The van der Waals surface area contributed by atoms with E-state index in [0.29, 0.717) is 28.2 Å². The molecule has 0 radical (unpaired) electrons. The summed E-state index contributed by atoms with van der Waals surface area (Å²) in [6, 6.07) is 7.66. The van der Waals surface area contributed by atoms with E-state index in [-0.39, 0.29) is 12.0 Å². The van der Waals surface area contributed by atoms with Crippen molar-refractivity contribution in [3.8, 4) is 11.3 Å². The SMILES string of the molecule is Cc1[nH]c(C(=O)Nc2cccc(-c3cn4c(n3)CCCC4)c2)c(C)c1C(=O)OC(C)C. The van der Waals surface area contributed by atoms with Crippen LogP contribution in [0.25, 0.3) is 11.3 Å². The van der Waals surface area contributed by atoms with Crippen molar-refractivity contribution in [3.05, 3.63) is 58.8 Å². The van der Waals surface area contributed by atoms with Crippen molar-refractivity contribution < 1.29 is 14.3 Å². The molecule has 162 valence electrons. The Labute approximate surface area is 181 Å². The van der Waals surface area contributed by atoms with Crippen molar-refractivity contribution in [1.29, 1.82) is 0 Å². The number of esters is 1. The molecular weight excluding hydrogens is 392 g/mol. The molecule has 0 saturated heterocycles. The summed E-state index contributed by atoms with van der Waals surface area (Å²) in [6.45, 7) is 8.12. The van der Waals surface area contributed by atoms with Crippen LogP contribution in [0.2, 0.25) is 0 Å². The van der Waals surface area contributed by atoms with Gasteiger partial charge in [0, 0.05) is 36.1 Å². The molecule has 0 fully saturated rings. The van der Waals surface area contributed by atoms with Gasteiger partial charge in [-0.25, -0.2) is 9.78 Å².